The standard InChI is InChI=1S/C18H15FN2O2/c19-14-6-3-5-13(10-14)15-11-17(23-20-15)18(22)21-9-8-12-4-1-2-7-16(12)21/h1-7,10,17H,8-9,11H2/t17-/m0/s1. The summed E-state index contributed by atoms with van der Waals surface area (Å²) in [6.07, 6.45) is 0.576. The lowest BCUT2D eigenvalue weighted by Crippen LogP contribution is -2.38. The molecular weight excluding hydrogens is 295 g/mol. The third-order valence-corrected chi connectivity index (χ3v) is 4.26. The molecular formula is C18H15FN2O2. The van der Waals surface area contributed by atoms with E-state index in [2.05, 4.69) is 5.16 Å². The molecule has 0 unspecified atom stereocenters. The van der Waals surface area contributed by atoms with Crippen LogP contribution in [0.25, 0.3) is 0 Å². The normalized spacial score (nSPS) is 19.3. The maximum absolute atomic E-state index is 13.3. The van der Waals surface area contributed by atoms with Gasteiger partial charge in [0.15, 0.2) is 0 Å². The molecule has 0 spiro atoms. The molecule has 116 valence electrons. The largest absolute Gasteiger partial charge is 0.382 e. The topological polar surface area (TPSA) is 41.9 Å². The molecule has 4 rings (SSSR count). The number of oxime groups is 1. The maximum Gasteiger partial charge on any atom is 0.271 e. The molecule has 2 aromatic carbocycles. The first-order valence-corrected chi connectivity index (χ1v) is 7.60. The fraction of sp³-hybridized carbons (Fsp3) is 0.222. The van der Waals surface area contributed by atoms with Crippen LogP contribution >= 0.6 is 0 Å². The summed E-state index contributed by atoms with van der Waals surface area (Å²) in [6.45, 7) is 0.660. The third kappa shape index (κ3) is 2.48. The molecule has 0 N–H and O–H groups in total. The molecule has 0 saturated carbocycles. The molecule has 0 aliphatic carbocycles. The van der Waals surface area contributed by atoms with E-state index in [1.165, 1.54) is 17.7 Å². The van der Waals surface area contributed by atoms with E-state index in [4.69, 9.17) is 4.84 Å². The van der Waals surface area contributed by atoms with Gasteiger partial charge in [-0.25, -0.2) is 4.39 Å². The summed E-state index contributed by atoms with van der Waals surface area (Å²) < 4.78 is 13.3. The number of rotatable bonds is 2. The number of para-hydroxylation sites is 1. The van der Waals surface area contributed by atoms with Crippen LogP contribution in [0, 0.1) is 5.82 Å². The van der Waals surface area contributed by atoms with E-state index >= 15 is 0 Å². The van der Waals surface area contributed by atoms with Crippen molar-refractivity contribution in [2.24, 2.45) is 5.16 Å². The predicted molar refractivity (Wildman–Crippen MR) is 84.9 cm³/mol. The summed E-state index contributed by atoms with van der Waals surface area (Å²) in [5, 5.41) is 3.98. The van der Waals surface area contributed by atoms with Crippen LogP contribution in [0.3, 0.4) is 0 Å². The van der Waals surface area contributed by atoms with E-state index in [9.17, 15) is 9.18 Å². The number of benzene rings is 2. The highest BCUT2D eigenvalue weighted by Crippen LogP contribution is 2.30. The van der Waals surface area contributed by atoms with Gasteiger partial charge in [0.2, 0.25) is 6.10 Å². The maximum atomic E-state index is 13.3. The second-order valence-electron chi connectivity index (χ2n) is 5.72. The van der Waals surface area contributed by atoms with Gasteiger partial charge in [0.05, 0.1) is 5.71 Å². The van der Waals surface area contributed by atoms with Crippen molar-refractivity contribution in [2.45, 2.75) is 18.9 Å². The average molecular weight is 310 g/mol. The van der Waals surface area contributed by atoms with Gasteiger partial charge in [0, 0.05) is 24.2 Å². The Labute approximate surface area is 133 Å². The Morgan fingerprint density at radius 2 is 2.09 bits per heavy atom. The van der Waals surface area contributed by atoms with Gasteiger partial charge >= 0.3 is 0 Å². The molecule has 0 fully saturated rings. The van der Waals surface area contributed by atoms with Crippen molar-refractivity contribution in [1.82, 2.24) is 0 Å². The van der Waals surface area contributed by atoms with Gasteiger partial charge in [-0.05, 0) is 30.2 Å². The first kappa shape index (κ1) is 13.9. The lowest BCUT2D eigenvalue weighted by Gasteiger charge is -2.19. The molecule has 0 radical (unpaired) electrons. The van der Waals surface area contributed by atoms with Gasteiger partial charge in [-0.2, -0.15) is 0 Å². The van der Waals surface area contributed by atoms with Crippen LogP contribution in [0.1, 0.15) is 17.5 Å². The number of hydrogen-bond donors (Lipinski definition) is 0. The van der Waals surface area contributed by atoms with Crippen molar-refractivity contribution in [3.8, 4) is 0 Å². The molecule has 2 aliphatic heterocycles. The quantitative estimate of drug-likeness (QED) is 0.856. The van der Waals surface area contributed by atoms with E-state index in [0.717, 1.165) is 12.1 Å². The number of carbonyl (C=O) groups is 1. The number of hydrogen-bond acceptors (Lipinski definition) is 3. The van der Waals surface area contributed by atoms with Crippen LogP contribution in [0.2, 0.25) is 0 Å². The third-order valence-electron chi connectivity index (χ3n) is 4.26. The monoisotopic (exact) mass is 310 g/mol. The predicted octanol–water partition coefficient (Wildman–Crippen LogP) is 2.91. The lowest BCUT2D eigenvalue weighted by atomic mass is 10.0. The zero-order chi connectivity index (χ0) is 15.8. The van der Waals surface area contributed by atoms with Crippen LogP contribution in [-0.4, -0.2) is 24.3 Å². The van der Waals surface area contributed by atoms with Crippen molar-refractivity contribution in [1.29, 1.82) is 0 Å². The second kappa shape index (κ2) is 5.50. The molecule has 1 atom stereocenters. The molecule has 1 amide bonds. The number of halogens is 1. The number of carbonyl (C=O) groups excluding carboxylic acids is 1. The first-order valence-electron chi connectivity index (χ1n) is 7.60. The van der Waals surface area contributed by atoms with E-state index in [-0.39, 0.29) is 11.7 Å². The zero-order valence-electron chi connectivity index (χ0n) is 12.4. The molecule has 0 saturated heterocycles. The Kier molecular flexibility index (Phi) is 3.33. The van der Waals surface area contributed by atoms with Crippen LogP contribution < -0.4 is 4.90 Å². The van der Waals surface area contributed by atoms with Crippen molar-refractivity contribution in [3.05, 3.63) is 65.5 Å². The first-order chi connectivity index (χ1) is 11.2. The fourth-order valence-corrected chi connectivity index (χ4v) is 3.09. The van der Waals surface area contributed by atoms with Gasteiger partial charge in [-0.3, -0.25) is 4.79 Å². The molecule has 2 heterocycles. The minimum absolute atomic E-state index is 0.0925. The highest BCUT2D eigenvalue weighted by atomic mass is 19.1. The molecule has 5 heteroatoms. The minimum atomic E-state index is -0.639. The molecule has 2 aromatic rings. The Balaban J connectivity index is 1.50. The van der Waals surface area contributed by atoms with E-state index in [1.807, 2.05) is 24.3 Å². The summed E-state index contributed by atoms with van der Waals surface area (Å²) in [6, 6.07) is 14.1. The Morgan fingerprint density at radius 3 is 2.96 bits per heavy atom. The fourth-order valence-electron chi connectivity index (χ4n) is 3.09. The van der Waals surface area contributed by atoms with Crippen molar-refractivity contribution in [2.75, 3.05) is 11.4 Å². The Bertz CT molecular complexity index is 803. The molecule has 23 heavy (non-hydrogen) atoms. The van der Waals surface area contributed by atoms with Gasteiger partial charge in [0.1, 0.15) is 5.82 Å². The van der Waals surface area contributed by atoms with Gasteiger partial charge < -0.3 is 9.74 Å². The average Bonchev–Trinajstić information content (AvgIpc) is 3.22. The van der Waals surface area contributed by atoms with Crippen LogP contribution in [-0.2, 0) is 16.1 Å². The van der Waals surface area contributed by atoms with Gasteiger partial charge in [-0.15, -0.1) is 0 Å². The Morgan fingerprint density at radius 1 is 1.22 bits per heavy atom. The molecule has 0 aromatic heterocycles. The van der Waals surface area contributed by atoms with Crippen LogP contribution in [0.5, 0.6) is 0 Å². The summed E-state index contributed by atoms with van der Waals surface area (Å²) >= 11 is 0. The van der Waals surface area contributed by atoms with Crippen molar-refractivity contribution < 1.29 is 14.0 Å². The number of nitrogens with zero attached hydrogens (tertiary/aromatic N) is 2. The van der Waals surface area contributed by atoms with E-state index < -0.39 is 6.10 Å². The smallest absolute Gasteiger partial charge is 0.271 e. The summed E-state index contributed by atoms with van der Waals surface area (Å²) in [7, 11) is 0. The highest BCUT2D eigenvalue weighted by Gasteiger charge is 2.35. The molecule has 2 aliphatic rings. The number of fused-ring (bicyclic) bond motifs is 1. The summed E-state index contributed by atoms with van der Waals surface area (Å²) in [5.74, 6) is -0.418. The van der Waals surface area contributed by atoms with Crippen LogP contribution in [0.4, 0.5) is 10.1 Å². The van der Waals surface area contributed by atoms with Gasteiger partial charge in [0.25, 0.3) is 5.91 Å². The molecule has 4 nitrogen and oxygen atoms in total. The van der Waals surface area contributed by atoms with Crippen molar-refractivity contribution in [3.63, 3.8) is 0 Å². The number of amides is 1. The summed E-state index contributed by atoms with van der Waals surface area (Å²) in [4.78, 5) is 19.8. The lowest BCUT2D eigenvalue weighted by molar-refractivity contribution is -0.128. The van der Waals surface area contributed by atoms with Gasteiger partial charge in [-0.1, -0.05) is 35.5 Å². The second-order valence-corrected chi connectivity index (χ2v) is 5.72. The van der Waals surface area contributed by atoms with Crippen LogP contribution in [0.15, 0.2) is 53.7 Å². The summed E-state index contributed by atoms with van der Waals surface area (Å²) in [5.41, 5.74) is 3.38. The minimum Gasteiger partial charge on any atom is -0.382 e. The zero-order valence-corrected chi connectivity index (χ0v) is 12.4. The Hall–Kier alpha value is -2.69. The number of anilines is 1. The van der Waals surface area contributed by atoms with E-state index in [1.54, 1.807) is 17.0 Å². The van der Waals surface area contributed by atoms with E-state index in [0.29, 0.717) is 24.2 Å². The SMILES string of the molecule is O=C([C@@H]1CC(c2cccc(F)c2)=NO1)N1CCc2ccccc21. The van der Waals surface area contributed by atoms with Crippen molar-refractivity contribution >= 4 is 17.3 Å². The molecule has 0 bridgehead atoms. The highest BCUT2D eigenvalue weighted by molar-refractivity contribution is 6.07.